The third kappa shape index (κ3) is 5.11. The van der Waals surface area contributed by atoms with Crippen LogP contribution in [0.3, 0.4) is 0 Å². The molecule has 1 aliphatic rings. The van der Waals surface area contributed by atoms with Crippen LogP contribution in [0.2, 0.25) is 5.02 Å². The summed E-state index contributed by atoms with van der Waals surface area (Å²) in [7, 11) is 0. The van der Waals surface area contributed by atoms with Crippen molar-refractivity contribution in [1.82, 2.24) is 19.9 Å². The van der Waals surface area contributed by atoms with Crippen LogP contribution < -0.4 is 0 Å². The van der Waals surface area contributed by atoms with Gasteiger partial charge in [-0.2, -0.15) is 4.98 Å². The highest BCUT2D eigenvalue weighted by atomic mass is 35.5. The monoisotopic (exact) mass is 442 g/mol. The molecule has 0 spiro atoms. The summed E-state index contributed by atoms with van der Waals surface area (Å²) < 4.78 is 18.3. The summed E-state index contributed by atoms with van der Waals surface area (Å²) in [6.07, 6.45) is 0.689. The molecular formula is C23H24ClFN4O2. The first kappa shape index (κ1) is 21.5. The number of halogens is 2. The number of hydrogen-bond donors (Lipinski definition) is 0. The number of aryl methyl sites for hydroxylation is 1. The van der Waals surface area contributed by atoms with Gasteiger partial charge in [-0.05, 0) is 42.8 Å². The molecule has 8 heteroatoms. The van der Waals surface area contributed by atoms with Crippen LogP contribution in [0.15, 0.2) is 53.1 Å². The molecule has 1 aliphatic heterocycles. The van der Waals surface area contributed by atoms with Crippen molar-refractivity contribution in [3.05, 3.63) is 70.8 Å². The summed E-state index contributed by atoms with van der Waals surface area (Å²) in [5.41, 5.74) is 1.78. The highest BCUT2D eigenvalue weighted by Crippen LogP contribution is 2.28. The second-order valence-electron chi connectivity index (χ2n) is 7.63. The Kier molecular flexibility index (Phi) is 6.63. The molecule has 162 valence electrons. The van der Waals surface area contributed by atoms with Gasteiger partial charge in [-0.3, -0.25) is 9.69 Å². The van der Waals surface area contributed by atoms with Gasteiger partial charge in [0.25, 0.3) is 0 Å². The van der Waals surface area contributed by atoms with Gasteiger partial charge in [0.1, 0.15) is 5.82 Å². The van der Waals surface area contributed by atoms with Crippen molar-refractivity contribution in [3.63, 3.8) is 0 Å². The molecule has 0 saturated carbocycles. The summed E-state index contributed by atoms with van der Waals surface area (Å²) in [6.45, 7) is 5.10. The minimum Gasteiger partial charge on any atom is -0.340 e. The maximum Gasteiger partial charge on any atom is 0.227 e. The number of rotatable bonds is 6. The van der Waals surface area contributed by atoms with E-state index in [-0.39, 0.29) is 17.8 Å². The molecule has 2 aromatic carbocycles. The van der Waals surface area contributed by atoms with Gasteiger partial charge in [-0.25, -0.2) is 4.39 Å². The number of hydrogen-bond acceptors (Lipinski definition) is 5. The minimum atomic E-state index is -0.320. The zero-order valence-corrected chi connectivity index (χ0v) is 18.1. The second kappa shape index (κ2) is 9.58. The lowest BCUT2D eigenvalue weighted by Gasteiger charge is -2.38. The third-order valence-electron chi connectivity index (χ3n) is 5.69. The summed E-state index contributed by atoms with van der Waals surface area (Å²) in [5.74, 6) is 0.550. The lowest BCUT2D eigenvalue weighted by molar-refractivity contribution is -0.133. The maximum atomic E-state index is 13.1. The van der Waals surface area contributed by atoms with Crippen LogP contribution in [0.25, 0.3) is 11.4 Å². The quantitative estimate of drug-likeness (QED) is 0.567. The van der Waals surface area contributed by atoms with Gasteiger partial charge in [0.05, 0.1) is 0 Å². The zero-order chi connectivity index (χ0) is 21.8. The molecule has 1 saturated heterocycles. The van der Waals surface area contributed by atoms with Crippen molar-refractivity contribution in [1.29, 1.82) is 0 Å². The molecule has 1 amide bonds. The van der Waals surface area contributed by atoms with Crippen molar-refractivity contribution < 1.29 is 13.7 Å². The van der Waals surface area contributed by atoms with Crippen LogP contribution in [0, 0.1) is 5.82 Å². The predicted molar refractivity (Wildman–Crippen MR) is 116 cm³/mol. The normalized spacial score (nSPS) is 15.8. The fourth-order valence-electron chi connectivity index (χ4n) is 3.81. The first-order chi connectivity index (χ1) is 15.0. The molecule has 2 heterocycles. The van der Waals surface area contributed by atoms with Crippen LogP contribution in [-0.4, -0.2) is 52.0 Å². The number of carbonyl (C=O) groups excluding carboxylic acids is 1. The van der Waals surface area contributed by atoms with Gasteiger partial charge in [0.15, 0.2) is 0 Å². The molecule has 1 unspecified atom stereocenters. The van der Waals surface area contributed by atoms with E-state index in [1.807, 2.05) is 23.1 Å². The Morgan fingerprint density at radius 2 is 1.84 bits per heavy atom. The van der Waals surface area contributed by atoms with Crippen molar-refractivity contribution >= 4 is 17.5 Å². The Morgan fingerprint density at radius 1 is 1.13 bits per heavy atom. The van der Waals surface area contributed by atoms with Crippen molar-refractivity contribution in [2.75, 3.05) is 26.2 Å². The van der Waals surface area contributed by atoms with E-state index in [0.29, 0.717) is 43.2 Å². The summed E-state index contributed by atoms with van der Waals surface area (Å²) in [6, 6.07) is 14.0. The van der Waals surface area contributed by atoms with Crippen LogP contribution in [0.1, 0.15) is 30.8 Å². The third-order valence-corrected chi connectivity index (χ3v) is 6.04. The Hall–Kier alpha value is -2.77. The van der Waals surface area contributed by atoms with Crippen molar-refractivity contribution in [2.45, 2.75) is 25.8 Å². The van der Waals surface area contributed by atoms with Crippen molar-refractivity contribution in [3.8, 4) is 11.4 Å². The van der Waals surface area contributed by atoms with Gasteiger partial charge in [0, 0.05) is 55.6 Å². The number of aromatic nitrogens is 2. The first-order valence-corrected chi connectivity index (χ1v) is 10.7. The molecule has 6 nitrogen and oxygen atoms in total. The fourth-order valence-corrected chi connectivity index (χ4v) is 4.11. The zero-order valence-electron chi connectivity index (χ0n) is 17.3. The van der Waals surface area contributed by atoms with E-state index in [4.69, 9.17) is 16.1 Å². The van der Waals surface area contributed by atoms with Gasteiger partial charge >= 0.3 is 0 Å². The summed E-state index contributed by atoms with van der Waals surface area (Å²) in [5, 5.41) is 4.69. The molecule has 0 aliphatic carbocycles. The molecular weight excluding hydrogens is 419 g/mol. The average molecular weight is 443 g/mol. The number of piperazine rings is 1. The molecule has 3 aromatic rings. The molecule has 1 aromatic heterocycles. The summed E-state index contributed by atoms with van der Waals surface area (Å²) >= 11 is 6.34. The minimum absolute atomic E-state index is 0.0755. The predicted octanol–water partition coefficient (Wildman–Crippen LogP) is 4.37. The van der Waals surface area contributed by atoms with Gasteiger partial charge in [-0.1, -0.05) is 35.0 Å². The van der Waals surface area contributed by atoms with E-state index in [0.717, 1.165) is 23.7 Å². The number of amides is 1. The largest absolute Gasteiger partial charge is 0.340 e. The number of carbonyl (C=O) groups is 1. The highest BCUT2D eigenvalue weighted by molar-refractivity contribution is 6.31. The lowest BCUT2D eigenvalue weighted by Crippen LogP contribution is -2.49. The topological polar surface area (TPSA) is 62.5 Å². The van der Waals surface area contributed by atoms with E-state index in [2.05, 4.69) is 28.0 Å². The van der Waals surface area contributed by atoms with Gasteiger partial charge in [0.2, 0.25) is 17.6 Å². The van der Waals surface area contributed by atoms with Crippen LogP contribution >= 0.6 is 11.6 Å². The van der Waals surface area contributed by atoms with E-state index in [1.165, 1.54) is 12.1 Å². The van der Waals surface area contributed by atoms with Crippen LogP contribution in [0.4, 0.5) is 4.39 Å². The number of nitrogens with zero attached hydrogens (tertiary/aromatic N) is 4. The van der Waals surface area contributed by atoms with Crippen molar-refractivity contribution in [2.24, 2.45) is 0 Å². The molecule has 0 bridgehead atoms. The van der Waals surface area contributed by atoms with Gasteiger partial charge < -0.3 is 9.42 Å². The maximum absolute atomic E-state index is 13.1. The second-order valence-corrected chi connectivity index (χ2v) is 8.04. The molecule has 1 atom stereocenters. The highest BCUT2D eigenvalue weighted by Gasteiger charge is 2.25. The molecule has 31 heavy (non-hydrogen) atoms. The molecule has 0 radical (unpaired) electrons. The lowest BCUT2D eigenvalue weighted by atomic mass is 10.1. The Morgan fingerprint density at radius 3 is 2.55 bits per heavy atom. The molecule has 1 fully saturated rings. The molecule has 4 rings (SSSR count). The first-order valence-electron chi connectivity index (χ1n) is 10.4. The summed E-state index contributed by atoms with van der Waals surface area (Å²) in [4.78, 5) is 21.2. The Balaban J connectivity index is 1.27. The SMILES string of the molecule is CC(c1ccccc1Cl)N1CCN(C(=O)CCc2nc(-c3ccc(F)cc3)no2)CC1. The fraction of sp³-hybridized carbons (Fsp3) is 0.348. The average Bonchev–Trinajstić information content (AvgIpc) is 3.27. The Bertz CT molecular complexity index is 1030. The van der Waals surface area contributed by atoms with E-state index in [9.17, 15) is 9.18 Å². The van der Waals surface area contributed by atoms with Gasteiger partial charge in [-0.15, -0.1) is 0 Å². The number of benzene rings is 2. The van der Waals surface area contributed by atoms with Crippen LogP contribution in [-0.2, 0) is 11.2 Å². The molecule has 0 N–H and O–H groups in total. The standard InChI is InChI=1S/C23H24ClFN4O2/c1-16(19-4-2-3-5-20(19)24)28-12-14-29(15-13-28)22(30)11-10-21-26-23(27-31-21)17-6-8-18(25)9-7-17/h2-9,16H,10-15H2,1H3. The van der Waals surface area contributed by atoms with E-state index < -0.39 is 0 Å². The Labute approximate surface area is 185 Å². The smallest absolute Gasteiger partial charge is 0.227 e. The van der Waals surface area contributed by atoms with Crippen LogP contribution in [0.5, 0.6) is 0 Å². The van der Waals surface area contributed by atoms with E-state index in [1.54, 1.807) is 12.1 Å². The van der Waals surface area contributed by atoms with E-state index >= 15 is 0 Å².